The molecular weight excluding hydrogens is 414 g/mol. The lowest BCUT2D eigenvalue weighted by atomic mass is 10.1. The number of pyridine rings is 1. The minimum atomic E-state index is -0.303. The molecule has 8 heteroatoms. The normalized spacial score (nSPS) is 10.8. The van der Waals surface area contributed by atoms with Crippen LogP contribution in [0.4, 0.5) is 16.2 Å². The molecule has 0 bridgehead atoms. The van der Waals surface area contributed by atoms with Gasteiger partial charge >= 0.3 is 6.03 Å². The highest BCUT2D eigenvalue weighted by Crippen LogP contribution is 2.24. The van der Waals surface area contributed by atoms with E-state index in [1.807, 2.05) is 80.6 Å². The summed E-state index contributed by atoms with van der Waals surface area (Å²) in [6.07, 6.45) is 3.41. The minimum absolute atomic E-state index is 0.303. The number of carbonyl (C=O) groups is 1. The Bertz CT molecular complexity index is 1460. The number of aryl methyl sites for hydroxylation is 1. The van der Waals surface area contributed by atoms with E-state index >= 15 is 0 Å². The van der Waals surface area contributed by atoms with E-state index in [0.29, 0.717) is 17.2 Å². The monoisotopic (exact) mass is 435 g/mol. The molecule has 5 aromatic rings. The molecule has 2 N–H and O–H groups in total. The van der Waals surface area contributed by atoms with Crippen molar-refractivity contribution in [3.63, 3.8) is 0 Å². The number of nitrogens with zero attached hydrogens (tertiary/aromatic N) is 5. The van der Waals surface area contributed by atoms with Crippen LogP contribution in [0.3, 0.4) is 0 Å². The molecule has 0 spiro atoms. The van der Waals surface area contributed by atoms with Crippen LogP contribution >= 0.6 is 0 Å². The number of nitrogens with one attached hydrogen (secondary N) is 2. The van der Waals surface area contributed by atoms with E-state index in [1.165, 1.54) is 0 Å². The van der Waals surface area contributed by atoms with Crippen LogP contribution in [0.5, 0.6) is 0 Å². The Morgan fingerprint density at radius 1 is 0.848 bits per heavy atom. The molecule has 2 aromatic carbocycles. The van der Waals surface area contributed by atoms with Gasteiger partial charge in [0.2, 0.25) is 0 Å². The summed E-state index contributed by atoms with van der Waals surface area (Å²) in [4.78, 5) is 16.6. The van der Waals surface area contributed by atoms with E-state index in [2.05, 4.69) is 25.8 Å². The molecule has 0 fully saturated rings. The maximum atomic E-state index is 12.6. The second-order valence-corrected chi connectivity index (χ2v) is 7.66. The molecule has 0 aliphatic rings. The number of carbonyl (C=O) groups excluding carboxylic acids is 1. The van der Waals surface area contributed by atoms with Gasteiger partial charge in [-0.1, -0.05) is 24.3 Å². The highest BCUT2D eigenvalue weighted by molar-refractivity contribution is 6.00. The number of anilines is 2. The summed E-state index contributed by atoms with van der Waals surface area (Å²) < 4.78 is 1.71. The van der Waals surface area contributed by atoms with Gasteiger partial charge in [0.25, 0.3) is 0 Å². The summed E-state index contributed by atoms with van der Waals surface area (Å²) in [5.41, 5.74) is 6.72. The van der Waals surface area contributed by atoms with E-state index in [1.54, 1.807) is 16.9 Å². The largest absolute Gasteiger partial charge is 0.323 e. The van der Waals surface area contributed by atoms with Crippen molar-refractivity contribution in [1.82, 2.24) is 24.8 Å². The van der Waals surface area contributed by atoms with Crippen LogP contribution in [0.2, 0.25) is 0 Å². The predicted octanol–water partition coefficient (Wildman–Crippen LogP) is 5.11. The SMILES string of the molecule is Cc1cccc(NC(=O)Nc2cccc(-c3ccc4nnc(-c5ccncc5)n4n3)c2)c1C. The fourth-order valence-electron chi connectivity index (χ4n) is 3.55. The third kappa shape index (κ3) is 4.14. The van der Waals surface area contributed by atoms with Crippen LogP contribution in [0.15, 0.2) is 79.1 Å². The number of fused-ring (bicyclic) bond motifs is 1. The first-order chi connectivity index (χ1) is 16.1. The van der Waals surface area contributed by atoms with Crippen molar-refractivity contribution < 1.29 is 4.79 Å². The molecule has 3 aromatic heterocycles. The van der Waals surface area contributed by atoms with Crippen molar-refractivity contribution in [2.24, 2.45) is 0 Å². The quantitative estimate of drug-likeness (QED) is 0.409. The van der Waals surface area contributed by atoms with Gasteiger partial charge in [0, 0.05) is 34.9 Å². The molecule has 2 amide bonds. The Kier molecular flexibility index (Phi) is 5.24. The molecule has 0 atom stereocenters. The lowest BCUT2D eigenvalue weighted by molar-refractivity contribution is 0.262. The van der Waals surface area contributed by atoms with Gasteiger partial charge in [-0.25, -0.2) is 4.79 Å². The van der Waals surface area contributed by atoms with Gasteiger partial charge in [0.1, 0.15) is 0 Å². The number of aromatic nitrogens is 5. The smallest absolute Gasteiger partial charge is 0.308 e. The molecule has 33 heavy (non-hydrogen) atoms. The van der Waals surface area contributed by atoms with Crippen molar-refractivity contribution in [1.29, 1.82) is 0 Å². The number of urea groups is 1. The van der Waals surface area contributed by atoms with Crippen LogP contribution in [0, 0.1) is 13.8 Å². The first kappa shape index (κ1) is 20.3. The number of benzene rings is 2. The highest BCUT2D eigenvalue weighted by Gasteiger charge is 2.12. The van der Waals surface area contributed by atoms with Crippen molar-refractivity contribution >= 4 is 23.1 Å². The zero-order valence-corrected chi connectivity index (χ0v) is 18.1. The van der Waals surface area contributed by atoms with E-state index < -0.39 is 0 Å². The molecule has 162 valence electrons. The first-order valence-corrected chi connectivity index (χ1v) is 10.5. The molecule has 8 nitrogen and oxygen atoms in total. The summed E-state index contributed by atoms with van der Waals surface area (Å²) in [5, 5.41) is 19.0. The topological polar surface area (TPSA) is 97.1 Å². The number of rotatable bonds is 4. The van der Waals surface area contributed by atoms with Gasteiger partial charge in [-0.2, -0.15) is 9.61 Å². The Balaban J connectivity index is 1.41. The van der Waals surface area contributed by atoms with Crippen molar-refractivity contribution in [3.8, 4) is 22.6 Å². The molecule has 0 saturated carbocycles. The molecule has 5 rings (SSSR count). The minimum Gasteiger partial charge on any atom is -0.308 e. The summed E-state index contributed by atoms with van der Waals surface area (Å²) in [7, 11) is 0. The van der Waals surface area contributed by atoms with Crippen molar-refractivity contribution in [3.05, 3.63) is 90.3 Å². The summed E-state index contributed by atoms with van der Waals surface area (Å²) in [5.74, 6) is 0.636. The zero-order valence-electron chi connectivity index (χ0n) is 18.1. The zero-order chi connectivity index (χ0) is 22.8. The van der Waals surface area contributed by atoms with Gasteiger partial charge < -0.3 is 10.6 Å². The fourth-order valence-corrected chi connectivity index (χ4v) is 3.55. The maximum Gasteiger partial charge on any atom is 0.323 e. The summed E-state index contributed by atoms with van der Waals surface area (Å²) in [6, 6.07) is 20.5. The molecule has 0 aliphatic heterocycles. The summed E-state index contributed by atoms with van der Waals surface area (Å²) >= 11 is 0. The lowest BCUT2D eigenvalue weighted by Crippen LogP contribution is -2.20. The van der Waals surface area contributed by atoms with Gasteiger partial charge in [-0.05, 0) is 67.4 Å². The molecule has 0 unspecified atom stereocenters. The Hall–Kier alpha value is -4.59. The van der Waals surface area contributed by atoms with Gasteiger partial charge in [-0.15, -0.1) is 10.2 Å². The van der Waals surface area contributed by atoms with E-state index in [0.717, 1.165) is 33.6 Å². The highest BCUT2D eigenvalue weighted by atomic mass is 16.2. The van der Waals surface area contributed by atoms with Crippen molar-refractivity contribution in [2.45, 2.75) is 13.8 Å². The van der Waals surface area contributed by atoms with Gasteiger partial charge in [0.15, 0.2) is 11.5 Å². The number of amides is 2. The summed E-state index contributed by atoms with van der Waals surface area (Å²) in [6.45, 7) is 4.00. The van der Waals surface area contributed by atoms with E-state index in [9.17, 15) is 4.79 Å². The number of hydrogen-bond acceptors (Lipinski definition) is 5. The van der Waals surface area contributed by atoms with Crippen LogP contribution in [-0.2, 0) is 0 Å². The second-order valence-electron chi connectivity index (χ2n) is 7.66. The molecule has 3 heterocycles. The molecule has 0 aliphatic carbocycles. The lowest BCUT2D eigenvalue weighted by Gasteiger charge is -2.12. The number of hydrogen-bond donors (Lipinski definition) is 2. The van der Waals surface area contributed by atoms with Gasteiger partial charge in [-0.3, -0.25) is 4.98 Å². The standard InChI is InChI=1S/C25H21N7O/c1-16-5-3-8-21(17(16)2)28-25(33)27-20-7-4-6-19(15-20)22-9-10-23-29-30-24(32(23)31-22)18-11-13-26-14-12-18/h3-15H,1-2H3,(H2,27,28,33). The predicted molar refractivity (Wildman–Crippen MR) is 128 cm³/mol. The van der Waals surface area contributed by atoms with Crippen LogP contribution < -0.4 is 10.6 Å². The van der Waals surface area contributed by atoms with Crippen molar-refractivity contribution in [2.75, 3.05) is 10.6 Å². The molecular formula is C25H21N7O. The van der Waals surface area contributed by atoms with E-state index in [4.69, 9.17) is 5.10 Å². The molecule has 0 radical (unpaired) electrons. The Morgan fingerprint density at radius 2 is 1.67 bits per heavy atom. The average molecular weight is 435 g/mol. The third-order valence-corrected chi connectivity index (χ3v) is 5.47. The molecule has 0 saturated heterocycles. The first-order valence-electron chi connectivity index (χ1n) is 10.5. The van der Waals surface area contributed by atoms with Crippen LogP contribution in [0.1, 0.15) is 11.1 Å². The van der Waals surface area contributed by atoms with Crippen LogP contribution in [0.25, 0.3) is 28.3 Å². The third-order valence-electron chi connectivity index (χ3n) is 5.47. The maximum absolute atomic E-state index is 12.6. The average Bonchev–Trinajstić information content (AvgIpc) is 3.26. The fraction of sp³-hybridized carbons (Fsp3) is 0.0800. The van der Waals surface area contributed by atoms with E-state index in [-0.39, 0.29) is 6.03 Å². The Labute approximate surface area is 190 Å². The second kappa shape index (κ2) is 8.51. The van der Waals surface area contributed by atoms with Gasteiger partial charge in [0.05, 0.1) is 5.69 Å². The van der Waals surface area contributed by atoms with Crippen LogP contribution in [-0.4, -0.2) is 30.8 Å². The Morgan fingerprint density at radius 3 is 2.52 bits per heavy atom.